The molecule has 5 nitrogen and oxygen atoms in total. The van der Waals surface area contributed by atoms with E-state index in [-0.39, 0.29) is 0 Å². The van der Waals surface area contributed by atoms with Gasteiger partial charge in [-0.2, -0.15) is 0 Å². The van der Waals surface area contributed by atoms with Crippen molar-refractivity contribution in [2.45, 2.75) is 19.6 Å². The average molecular weight is 378 g/mol. The van der Waals surface area contributed by atoms with Crippen LogP contribution in [0.5, 0.6) is 17.2 Å². The lowest BCUT2D eigenvalue weighted by atomic mass is 10.1. The van der Waals surface area contributed by atoms with Crippen molar-refractivity contribution in [1.29, 1.82) is 0 Å². The molecule has 0 aliphatic carbocycles. The van der Waals surface area contributed by atoms with Gasteiger partial charge in [0.2, 0.25) is 0 Å². The van der Waals surface area contributed by atoms with Crippen LogP contribution in [0.15, 0.2) is 66.9 Å². The summed E-state index contributed by atoms with van der Waals surface area (Å²) in [6.07, 6.45) is 2.66. The number of nitrogens with one attached hydrogen (secondary N) is 1. The monoisotopic (exact) mass is 378 g/mol. The molecule has 0 saturated carbocycles. The second kappa shape index (κ2) is 10.3. The number of pyridine rings is 1. The van der Waals surface area contributed by atoms with Gasteiger partial charge in [-0.1, -0.05) is 24.3 Å². The number of benzene rings is 2. The molecule has 0 fully saturated rings. The molecule has 0 saturated heterocycles. The van der Waals surface area contributed by atoms with Crippen LogP contribution in [0.2, 0.25) is 0 Å². The summed E-state index contributed by atoms with van der Waals surface area (Å²) in [6.45, 7) is 1.95. The molecule has 3 aromatic rings. The molecule has 1 heterocycles. The molecule has 0 atom stereocenters. The Morgan fingerprint density at radius 1 is 0.857 bits per heavy atom. The molecular formula is C23H26N2O3. The van der Waals surface area contributed by atoms with E-state index < -0.39 is 0 Å². The highest BCUT2D eigenvalue weighted by Gasteiger charge is 2.08. The normalized spacial score (nSPS) is 10.5. The van der Waals surface area contributed by atoms with Crippen LogP contribution in [0.25, 0.3) is 0 Å². The maximum absolute atomic E-state index is 6.00. The Morgan fingerprint density at radius 3 is 2.50 bits per heavy atom. The van der Waals surface area contributed by atoms with E-state index in [0.29, 0.717) is 13.2 Å². The van der Waals surface area contributed by atoms with Crippen LogP contribution in [0.4, 0.5) is 0 Å². The van der Waals surface area contributed by atoms with Gasteiger partial charge in [-0.15, -0.1) is 0 Å². The fourth-order valence-electron chi connectivity index (χ4n) is 2.95. The topological polar surface area (TPSA) is 52.6 Å². The third kappa shape index (κ3) is 5.47. The Kier molecular flexibility index (Phi) is 7.27. The third-order valence-corrected chi connectivity index (χ3v) is 4.45. The fraction of sp³-hybridized carbons (Fsp3) is 0.261. The van der Waals surface area contributed by atoms with Crippen LogP contribution < -0.4 is 19.5 Å². The Morgan fingerprint density at radius 2 is 1.71 bits per heavy atom. The zero-order valence-electron chi connectivity index (χ0n) is 16.4. The van der Waals surface area contributed by atoms with E-state index in [1.54, 1.807) is 20.4 Å². The first kappa shape index (κ1) is 19.7. The van der Waals surface area contributed by atoms with E-state index in [1.165, 1.54) is 5.56 Å². The predicted octanol–water partition coefficient (Wildman–Crippen LogP) is 4.01. The number of nitrogens with zero attached hydrogens (tertiary/aromatic N) is 1. The number of rotatable bonds is 10. The molecule has 146 valence electrons. The quantitative estimate of drug-likeness (QED) is 0.540. The van der Waals surface area contributed by atoms with Gasteiger partial charge in [0.1, 0.15) is 23.9 Å². The first-order valence-electron chi connectivity index (χ1n) is 9.32. The number of ether oxygens (including phenoxy) is 3. The molecule has 3 rings (SSSR count). The molecule has 0 spiro atoms. The summed E-state index contributed by atoms with van der Waals surface area (Å²) in [7, 11) is 3.37. The number of methoxy groups -OCH3 is 2. The Hall–Kier alpha value is -3.05. The molecule has 0 radical (unpaired) electrons. The second-order valence-electron chi connectivity index (χ2n) is 6.32. The average Bonchev–Trinajstić information content (AvgIpc) is 2.76. The van der Waals surface area contributed by atoms with Crippen molar-refractivity contribution in [2.24, 2.45) is 0 Å². The van der Waals surface area contributed by atoms with Crippen molar-refractivity contribution in [1.82, 2.24) is 10.3 Å². The molecule has 0 aliphatic heterocycles. The SMILES string of the molecule is COc1ccc(OCc2ccccn2)c(CNCCc2ccccc2OC)c1. The van der Waals surface area contributed by atoms with Gasteiger partial charge in [0.25, 0.3) is 0 Å². The van der Waals surface area contributed by atoms with E-state index in [0.717, 1.165) is 41.5 Å². The number of para-hydroxylation sites is 1. The van der Waals surface area contributed by atoms with E-state index in [2.05, 4.69) is 16.4 Å². The summed E-state index contributed by atoms with van der Waals surface area (Å²) in [5.74, 6) is 2.56. The summed E-state index contributed by atoms with van der Waals surface area (Å²) in [5, 5.41) is 3.48. The molecule has 0 unspecified atom stereocenters. The molecule has 28 heavy (non-hydrogen) atoms. The van der Waals surface area contributed by atoms with Crippen LogP contribution in [-0.4, -0.2) is 25.7 Å². The fourth-order valence-corrected chi connectivity index (χ4v) is 2.95. The highest BCUT2D eigenvalue weighted by Crippen LogP contribution is 2.25. The van der Waals surface area contributed by atoms with Crippen molar-refractivity contribution in [3.63, 3.8) is 0 Å². The standard InChI is InChI=1S/C23H26N2O3/c1-26-21-10-11-23(28-17-20-8-5-6-13-25-20)19(15-21)16-24-14-12-18-7-3-4-9-22(18)27-2/h3-11,13,15,24H,12,14,16-17H2,1-2H3. The molecule has 2 aromatic carbocycles. The number of hydrogen-bond acceptors (Lipinski definition) is 5. The van der Waals surface area contributed by atoms with Crippen molar-refractivity contribution in [3.8, 4) is 17.2 Å². The van der Waals surface area contributed by atoms with Crippen LogP contribution in [-0.2, 0) is 19.6 Å². The van der Waals surface area contributed by atoms with Crippen molar-refractivity contribution in [2.75, 3.05) is 20.8 Å². The molecule has 0 amide bonds. The van der Waals surface area contributed by atoms with E-state index in [1.807, 2.05) is 54.6 Å². The summed E-state index contributed by atoms with van der Waals surface area (Å²) >= 11 is 0. The molecule has 0 aliphatic rings. The molecule has 1 N–H and O–H groups in total. The predicted molar refractivity (Wildman–Crippen MR) is 110 cm³/mol. The second-order valence-corrected chi connectivity index (χ2v) is 6.32. The van der Waals surface area contributed by atoms with Gasteiger partial charge >= 0.3 is 0 Å². The lowest BCUT2D eigenvalue weighted by Crippen LogP contribution is -2.17. The van der Waals surface area contributed by atoms with Crippen molar-refractivity contribution >= 4 is 0 Å². The molecule has 1 aromatic heterocycles. The first-order chi connectivity index (χ1) is 13.8. The minimum absolute atomic E-state index is 0.432. The zero-order valence-corrected chi connectivity index (χ0v) is 16.4. The van der Waals surface area contributed by atoms with Gasteiger partial charge in [0.15, 0.2) is 0 Å². The van der Waals surface area contributed by atoms with Gasteiger partial charge in [-0.25, -0.2) is 0 Å². The molecule has 5 heteroatoms. The Labute approximate surface area is 166 Å². The van der Waals surface area contributed by atoms with Crippen LogP contribution in [0.1, 0.15) is 16.8 Å². The number of hydrogen-bond donors (Lipinski definition) is 1. The Balaban J connectivity index is 1.59. The third-order valence-electron chi connectivity index (χ3n) is 4.45. The highest BCUT2D eigenvalue weighted by molar-refractivity contribution is 5.40. The summed E-state index contributed by atoms with van der Waals surface area (Å²) in [6, 6.07) is 19.8. The van der Waals surface area contributed by atoms with Crippen molar-refractivity contribution in [3.05, 3.63) is 83.7 Å². The lowest BCUT2D eigenvalue weighted by Gasteiger charge is -2.14. The van der Waals surface area contributed by atoms with Gasteiger partial charge < -0.3 is 19.5 Å². The van der Waals surface area contributed by atoms with Gasteiger partial charge in [-0.3, -0.25) is 4.98 Å². The lowest BCUT2D eigenvalue weighted by molar-refractivity contribution is 0.296. The van der Waals surface area contributed by atoms with Crippen LogP contribution in [0.3, 0.4) is 0 Å². The van der Waals surface area contributed by atoms with Crippen LogP contribution >= 0.6 is 0 Å². The molecule has 0 bridgehead atoms. The van der Waals surface area contributed by atoms with E-state index >= 15 is 0 Å². The van der Waals surface area contributed by atoms with E-state index in [4.69, 9.17) is 14.2 Å². The molecular weight excluding hydrogens is 352 g/mol. The Bertz CT molecular complexity index is 869. The van der Waals surface area contributed by atoms with Crippen molar-refractivity contribution < 1.29 is 14.2 Å². The minimum atomic E-state index is 0.432. The maximum Gasteiger partial charge on any atom is 0.130 e. The highest BCUT2D eigenvalue weighted by atomic mass is 16.5. The smallest absolute Gasteiger partial charge is 0.130 e. The summed E-state index contributed by atoms with van der Waals surface area (Å²) in [5.41, 5.74) is 3.14. The van der Waals surface area contributed by atoms with E-state index in [9.17, 15) is 0 Å². The van der Waals surface area contributed by atoms with Crippen LogP contribution in [0, 0.1) is 0 Å². The minimum Gasteiger partial charge on any atom is -0.497 e. The summed E-state index contributed by atoms with van der Waals surface area (Å²) in [4.78, 5) is 4.31. The first-order valence-corrected chi connectivity index (χ1v) is 9.32. The summed E-state index contributed by atoms with van der Waals surface area (Å²) < 4.78 is 16.8. The zero-order chi connectivity index (χ0) is 19.6. The van der Waals surface area contributed by atoms with Gasteiger partial charge in [0, 0.05) is 18.3 Å². The van der Waals surface area contributed by atoms with Gasteiger partial charge in [-0.05, 0) is 54.9 Å². The van der Waals surface area contributed by atoms with Gasteiger partial charge in [0.05, 0.1) is 19.9 Å². The largest absolute Gasteiger partial charge is 0.497 e. The maximum atomic E-state index is 6.00. The number of aromatic nitrogens is 1.